The van der Waals surface area contributed by atoms with Crippen LogP contribution in [0, 0.1) is 50.2 Å². The van der Waals surface area contributed by atoms with Gasteiger partial charge >= 0.3 is 5.97 Å². The van der Waals surface area contributed by atoms with Crippen molar-refractivity contribution in [3.05, 3.63) is 11.6 Å². The molecular weight excluding hydrogens is 865 g/mol. The number of carboxylic acid groups (broad SMARTS) is 1. The normalized spacial score (nSPS) is 53.3. The predicted octanol–water partition coefficient (Wildman–Crippen LogP) is 0.706. The number of carboxylic acids is 1. The highest BCUT2D eigenvalue weighted by atomic mass is 16.8. The van der Waals surface area contributed by atoms with Gasteiger partial charge in [-0.1, -0.05) is 60.1 Å². The molecule has 0 bridgehead atoms. The molecule has 0 spiro atoms. The largest absolute Gasteiger partial charge is 0.481 e. The fraction of sp³-hybridized carbons (Fsp3) is 0.938. The summed E-state index contributed by atoms with van der Waals surface area (Å²) in [6.45, 7) is 13.9. The highest BCUT2D eigenvalue weighted by Crippen LogP contribution is 2.76. The van der Waals surface area contributed by atoms with Gasteiger partial charge in [0.05, 0.1) is 31.3 Å². The first-order chi connectivity index (χ1) is 30.9. The Balaban J connectivity index is 1.06. The summed E-state index contributed by atoms with van der Waals surface area (Å²) in [4.78, 5) is 13.2. The van der Waals surface area contributed by atoms with E-state index in [4.69, 9.17) is 28.4 Å². The monoisotopic (exact) mass is 943 g/mol. The number of hydrogen-bond donors (Lipinski definition) is 11. The Labute approximate surface area is 387 Å². The minimum absolute atomic E-state index is 0.00164. The number of carbonyl (C=O) groups is 1. The van der Waals surface area contributed by atoms with Crippen LogP contribution in [-0.4, -0.2) is 180 Å². The van der Waals surface area contributed by atoms with Gasteiger partial charge in [-0.3, -0.25) is 4.79 Å². The molecule has 23 atom stereocenters. The Hall–Kier alpha value is -1.43. The van der Waals surface area contributed by atoms with E-state index in [0.29, 0.717) is 25.2 Å². The summed E-state index contributed by atoms with van der Waals surface area (Å²) in [5.74, 6) is -0.191. The molecule has 8 rings (SSSR count). The minimum atomic E-state index is -1.90. The smallest absolute Gasteiger partial charge is 0.310 e. The van der Waals surface area contributed by atoms with Crippen molar-refractivity contribution in [2.24, 2.45) is 50.2 Å². The van der Waals surface area contributed by atoms with Crippen molar-refractivity contribution < 1.29 is 89.4 Å². The quantitative estimate of drug-likeness (QED) is 0.106. The molecule has 18 heteroatoms. The van der Waals surface area contributed by atoms with Crippen molar-refractivity contribution in [3.8, 4) is 0 Å². The number of aliphatic carboxylic acids is 1. The first-order valence-corrected chi connectivity index (χ1v) is 24.3. The van der Waals surface area contributed by atoms with Crippen molar-refractivity contribution in [3.63, 3.8) is 0 Å². The van der Waals surface area contributed by atoms with Gasteiger partial charge in [-0.2, -0.15) is 0 Å². The van der Waals surface area contributed by atoms with E-state index in [-0.39, 0.29) is 33.5 Å². The fourth-order valence-electron chi connectivity index (χ4n) is 15.2. The second-order valence-electron chi connectivity index (χ2n) is 23.5. The maximum absolute atomic E-state index is 13.2. The van der Waals surface area contributed by atoms with E-state index in [1.807, 2.05) is 0 Å². The van der Waals surface area contributed by atoms with Gasteiger partial charge in [-0.05, 0) is 109 Å². The Morgan fingerprint density at radius 3 is 1.70 bits per heavy atom. The van der Waals surface area contributed by atoms with Gasteiger partial charge in [0.2, 0.25) is 0 Å². The number of rotatable bonds is 10. The topological polar surface area (TPSA) is 295 Å². The maximum Gasteiger partial charge on any atom is 0.310 e. The average molecular weight is 943 g/mol. The molecule has 5 aliphatic carbocycles. The van der Waals surface area contributed by atoms with E-state index in [2.05, 4.69) is 54.5 Å². The molecule has 3 saturated heterocycles. The highest BCUT2D eigenvalue weighted by Gasteiger charge is 2.70. The van der Waals surface area contributed by atoms with Gasteiger partial charge < -0.3 is 84.6 Å². The van der Waals surface area contributed by atoms with Crippen LogP contribution in [-0.2, 0) is 33.2 Å². The lowest BCUT2D eigenvalue weighted by Crippen LogP contribution is -2.68. The molecule has 18 nitrogen and oxygen atoms in total. The number of aliphatic hydroxyl groups excluding tert-OH is 10. The molecule has 0 aromatic rings. The Bertz CT molecular complexity index is 1790. The Morgan fingerprint density at radius 2 is 1.14 bits per heavy atom. The van der Waals surface area contributed by atoms with Crippen LogP contribution in [0.2, 0.25) is 0 Å². The van der Waals surface area contributed by atoms with Crippen molar-refractivity contribution in [1.29, 1.82) is 0 Å². The molecule has 8 aliphatic rings. The third kappa shape index (κ3) is 7.87. The van der Waals surface area contributed by atoms with E-state index in [0.717, 1.165) is 44.9 Å². The summed E-state index contributed by atoms with van der Waals surface area (Å²) in [5, 5.41) is 118. The lowest BCUT2D eigenvalue weighted by molar-refractivity contribution is -0.393. The summed E-state index contributed by atoms with van der Waals surface area (Å²) >= 11 is 0. The van der Waals surface area contributed by atoms with Crippen molar-refractivity contribution >= 4 is 5.97 Å². The van der Waals surface area contributed by atoms with Crippen LogP contribution < -0.4 is 0 Å². The van der Waals surface area contributed by atoms with E-state index >= 15 is 0 Å². The molecule has 0 amide bonds. The molecule has 0 aromatic heterocycles. The van der Waals surface area contributed by atoms with E-state index < -0.39 is 135 Å². The van der Waals surface area contributed by atoms with Crippen molar-refractivity contribution in [2.75, 3.05) is 19.8 Å². The fourth-order valence-corrected chi connectivity index (χ4v) is 15.2. The second kappa shape index (κ2) is 18.0. The molecular formula is C48H78O18. The third-order valence-corrected chi connectivity index (χ3v) is 19.4. The van der Waals surface area contributed by atoms with Gasteiger partial charge in [0.25, 0.3) is 0 Å². The number of aliphatic hydroxyl groups is 10. The summed E-state index contributed by atoms with van der Waals surface area (Å²) in [6, 6.07) is 0. The number of fused-ring (bicyclic) bond motifs is 7. The van der Waals surface area contributed by atoms with Crippen LogP contribution in [0.3, 0.4) is 0 Å². The van der Waals surface area contributed by atoms with E-state index in [1.165, 1.54) is 5.57 Å². The molecule has 11 N–H and O–H groups in total. The summed E-state index contributed by atoms with van der Waals surface area (Å²) in [7, 11) is 0. The van der Waals surface area contributed by atoms with Crippen LogP contribution in [0.5, 0.6) is 0 Å². The molecule has 378 valence electrons. The summed E-state index contributed by atoms with van der Waals surface area (Å²) < 4.78 is 36.6. The molecule has 0 unspecified atom stereocenters. The van der Waals surface area contributed by atoms with E-state index in [9.17, 15) is 61.0 Å². The maximum atomic E-state index is 13.2. The molecule has 3 aliphatic heterocycles. The zero-order valence-corrected chi connectivity index (χ0v) is 39.5. The minimum Gasteiger partial charge on any atom is -0.481 e. The number of ether oxygens (including phenoxy) is 6. The molecule has 4 saturated carbocycles. The van der Waals surface area contributed by atoms with E-state index in [1.54, 1.807) is 0 Å². The van der Waals surface area contributed by atoms with Gasteiger partial charge in [0.1, 0.15) is 73.2 Å². The standard InChI is InChI=1S/C48H78O18/c1-43(2)14-16-48(42(59)60)17-15-46(6)22(23(48)18-43)8-9-28-45(5)12-11-29(44(3,4)27(45)10-13-47(28,46)7)64-41-36(58)38(66-40-35(57)33(55)31(53)25(20-50)62-40)37(26(21-51)63-41)65-39-34(56)32(54)30(52)24(19-49)61-39/h8,23-41,49-58H,9-21H2,1-7H3,(H,59,60)/t23-,24+,25-,26+,27+,28+,29-,30+,31+,32-,33+,34+,35-,36+,37+,38+,39-,40+,41-,45-,46+,47+,48-/m0/s1. The summed E-state index contributed by atoms with van der Waals surface area (Å²) in [5.41, 5.74) is -0.183. The molecule has 7 fully saturated rings. The van der Waals surface area contributed by atoms with Crippen LogP contribution in [0.4, 0.5) is 0 Å². The van der Waals surface area contributed by atoms with Crippen LogP contribution in [0.15, 0.2) is 11.6 Å². The molecule has 0 radical (unpaired) electrons. The number of hydrogen-bond acceptors (Lipinski definition) is 17. The lowest BCUT2D eigenvalue weighted by Gasteiger charge is -2.71. The van der Waals surface area contributed by atoms with Gasteiger partial charge in [-0.25, -0.2) is 0 Å². The summed E-state index contributed by atoms with van der Waals surface area (Å²) in [6.07, 6.45) is -15.1. The van der Waals surface area contributed by atoms with Crippen molar-refractivity contribution in [2.45, 2.75) is 211 Å². The lowest BCUT2D eigenvalue weighted by atomic mass is 9.33. The van der Waals surface area contributed by atoms with Gasteiger partial charge in [0.15, 0.2) is 18.9 Å². The van der Waals surface area contributed by atoms with Crippen molar-refractivity contribution in [1.82, 2.24) is 0 Å². The Morgan fingerprint density at radius 1 is 0.606 bits per heavy atom. The molecule has 0 aromatic carbocycles. The molecule has 3 heterocycles. The van der Waals surface area contributed by atoms with Gasteiger partial charge in [-0.15, -0.1) is 0 Å². The number of allylic oxidation sites excluding steroid dienone is 2. The van der Waals surface area contributed by atoms with Crippen LogP contribution >= 0.6 is 0 Å². The second-order valence-corrected chi connectivity index (χ2v) is 23.5. The van der Waals surface area contributed by atoms with Crippen LogP contribution in [0.25, 0.3) is 0 Å². The Kier molecular flexibility index (Phi) is 13.9. The predicted molar refractivity (Wildman–Crippen MR) is 231 cm³/mol. The molecule has 66 heavy (non-hydrogen) atoms. The zero-order chi connectivity index (χ0) is 48.3. The first kappa shape index (κ1) is 50.9. The van der Waals surface area contributed by atoms with Gasteiger partial charge in [0, 0.05) is 0 Å². The zero-order valence-electron chi connectivity index (χ0n) is 39.5. The van der Waals surface area contributed by atoms with Crippen LogP contribution in [0.1, 0.15) is 113 Å². The first-order valence-electron chi connectivity index (χ1n) is 24.3. The highest BCUT2D eigenvalue weighted by molar-refractivity contribution is 5.76. The third-order valence-electron chi connectivity index (χ3n) is 19.4. The average Bonchev–Trinajstić information content (AvgIpc) is 3.26. The SMILES string of the molecule is CC1(C)CC[C@]2(C(=O)O)CC[C@]3(C)C(=CC[C@@H]4[C@@]5(C)CC[C@H](O[C@@H]6O[C@H](CO)[C@@H](O[C@@H]7O[C@H](CO)[C@@H](O)[C@H](O)[C@H]7O)[C@H](O[C@H]7O[C@@H](CO)[C@@H](O)[C@@H](O)[C@@H]7O)[C@H]6O)C(C)(C)[C@H]5CC[C@]43C)[C@@H]2C1.